The van der Waals surface area contributed by atoms with Crippen molar-refractivity contribution in [1.82, 2.24) is 30.2 Å². The predicted molar refractivity (Wildman–Crippen MR) is 135 cm³/mol. The van der Waals surface area contributed by atoms with Gasteiger partial charge >= 0.3 is 0 Å². The van der Waals surface area contributed by atoms with E-state index < -0.39 is 12.0 Å². The molecule has 35 heavy (non-hydrogen) atoms. The predicted octanol–water partition coefficient (Wildman–Crippen LogP) is 3.76. The van der Waals surface area contributed by atoms with Crippen LogP contribution in [0.5, 0.6) is 0 Å². The van der Waals surface area contributed by atoms with Crippen molar-refractivity contribution in [3.05, 3.63) is 11.7 Å². The van der Waals surface area contributed by atoms with Gasteiger partial charge in [0.2, 0.25) is 5.89 Å². The van der Waals surface area contributed by atoms with Crippen molar-refractivity contribution in [2.75, 3.05) is 39.3 Å². The Labute approximate surface area is 213 Å². The van der Waals surface area contributed by atoms with Crippen LogP contribution in [-0.4, -0.2) is 93.3 Å². The summed E-state index contributed by atoms with van der Waals surface area (Å²) in [6, 6.07) is -0.647. The van der Waals surface area contributed by atoms with E-state index in [0.717, 1.165) is 70.0 Å². The highest BCUT2D eigenvalue weighted by Crippen LogP contribution is 2.41. The van der Waals surface area contributed by atoms with Crippen molar-refractivity contribution in [2.45, 2.75) is 101 Å². The second-order valence-electron chi connectivity index (χ2n) is 11.6. The fourth-order valence-corrected chi connectivity index (χ4v) is 6.27. The molecule has 4 fully saturated rings. The standard InChI is InChI=1S/C25H40F2N6OS/c1-17(2)31-13-15-32(16-14-31)19-5-4-8-25(26,27)20(19)28-23(35)33-11-9-24(3,10-12-33)22-29-21(34-30-22)18-6-7-18/h17-20H,4-16H2,1-3H3,(H,28,35)/t19-,20+/m0/s1. The smallest absolute Gasteiger partial charge is 0.269 e. The number of hydrogen-bond donors (Lipinski definition) is 1. The molecule has 2 saturated carbocycles. The van der Waals surface area contributed by atoms with Gasteiger partial charge in [-0.15, -0.1) is 0 Å². The van der Waals surface area contributed by atoms with Gasteiger partial charge in [0.15, 0.2) is 10.9 Å². The Kier molecular flexibility index (Phi) is 7.09. The minimum absolute atomic E-state index is 0.0744. The molecule has 1 aromatic rings. The summed E-state index contributed by atoms with van der Waals surface area (Å²) in [4.78, 5) is 11.4. The molecule has 3 heterocycles. The summed E-state index contributed by atoms with van der Waals surface area (Å²) in [5, 5.41) is 7.88. The highest BCUT2D eigenvalue weighted by Gasteiger charge is 2.50. The third-order valence-corrected chi connectivity index (χ3v) is 9.12. The molecule has 7 nitrogen and oxygen atoms in total. The molecule has 196 valence electrons. The van der Waals surface area contributed by atoms with Gasteiger partial charge < -0.3 is 14.7 Å². The molecule has 0 bridgehead atoms. The SMILES string of the molecule is CC(C)N1CCN([C@H]2CCCC(F)(F)[C@@H]2NC(=S)N2CCC(C)(c3noc(C4CC4)n3)CC2)CC1. The normalized spacial score (nSPS) is 29.9. The summed E-state index contributed by atoms with van der Waals surface area (Å²) < 4.78 is 35.9. The van der Waals surface area contributed by atoms with E-state index in [1.165, 1.54) is 0 Å². The number of piperazine rings is 1. The van der Waals surface area contributed by atoms with E-state index in [0.29, 0.717) is 36.6 Å². The molecule has 0 spiro atoms. The van der Waals surface area contributed by atoms with Crippen molar-refractivity contribution in [3.8, 4) is 0 Å². The van der Waals surface area contributed by atoms with Crippen molar-refractivity contribution in [3.63, 3.8) is 0 Å². The summed E-state index contributed by atoms with van der Waals surface area (Å²) in [6.45, 7) is 11.5. The van der Waals surface area contributed by atoms with Gasteiger partial charge in [-0.1, -0.05) is 12.1 Å². The van der Waals surface area contributed by atoms with Gasteiger partial charge in [0.1, 0.15) is 6.04 Å². The van der Waals surface area contributed by atoms with E-state index in [1.54, 1.807) is 0 Å². The first kappa shape index (κ1) is 25.3. The molecule has 0 radical (unpaired) electrons. The average Bonchev–Trinajstić information content (AvgIpc) is 3.56. The van der Waals surface area contributed by atoms with Crippen LogP contribution in [0.25, 0.3) is 0 Å². The van der Waals surface area contributed by atoms with Crippen LogP contribution >= 0.6 is 12.2 Å². The number of halogens is 2. The lowest BCUT2D eigenvalue weighted by molar-refractivity contribution is -0.0953. The van der Waals surface area contributed by atoms with Crippen LogP contribution in [0.4, 0.5) is 8.78 Å². The van der Waals surface area contributed by atoms with Gasteiger partial charge in [0, 0.05) is 69.1 Å². The number of likely N-dealkylation sites (tertiary alicyclic amines) is 1. The van der Waals surface area contributed by atoms with Crippen molar-refractivity contribution in [1.29, 1.82) is 0 Å². The third-order valence-electron chi connectivity index (χ3n) is 8.74. The number of aromatic nitrogens is 2. The number of hydrogen-bond acceptors (Lipinski definition) is 6. The Bertz CT molecular complexity index is 890. The molecule has 5 rings (SSSR count). The Balaban J connectivity index is 1.20. The summed E-state index contributed by atoms with van der Waals surface area (Å²) in [5.41, 5.74) is -0.170. The fourth-order valence-electron chi connectivity index (χ4n) is 5.96. The molecule has 2 saturated heterocycles. The van der Waals surface area contributed by atoms with Crippen LogP contribution in [0.3, 0.4) is 0 Å². The minimum Gasteiger partial charge on any atom is -0.352 e. The topological polar surface area (TPSA) is 60.7 Å². The maximum Gasteiger partial charge on any atom is 0.269 e. The van der Waals surface area contributed by atoms with Gasteiger partial charge in [0.05, 0.1) is 0 Å². The maximum atomic E-state index is 15.2. The van der Waals surface area contributed by atoms with Crippen LogP contribution in [0.15, 0.2) is 4.52 Å². The van der Waals surface area contributed by atoms with Gasteiger partial charge in [-0.3, -0.25) is 9.80 Å². The third kappa shape index (κ3) is 5.34. The second-order valence-corrected chi connectivity index (χ2v) is 12.0. The number of rotatable bonds is 5. The molecule has 2 aliphatic heterocycles. The van der Waals surface area contributed by atoms with E-state index in [2.05, 4.69) is 50.9 Å². The van der Waals surface area contributed by atoms with Gasteiger partial charge in [-0.2, -0.15) is 4.98 Å². The monoisotopic (exact) mass is 510 g/mol. The number of alkyl halides is 2. The molecule has 2 aliphatic carbocycles. The van der Waals surface area contributed by atoms with E-state index in [1.807, 2.05) is 0 Å². The summed E-state index contributed by atoms with van der Waals surface area (Å²) in [5.74, 6) is -0.788. The minimum atomic E-state index is -2.77. The van der Waals surface area contributed by atoms with E-state index in [9.17, 15) is 0 Å². The van der Waals surface area contributed by atoms with Crippen molar-refractivity contribution >= 4 is 17.3 Å². The molecular formula is C25H40F2N6OS. The van der Waals surface area contributed by atoms with E-state index in [-0.39, 0.29) is 17.9 Å². The highest BCUT2D eigenvalue weighted by atomic mass is 32.1. The lowest BCUT2D eigenvalue weighted by Gasteiger charge is -2.48. The van der Waals surface area contributed by atoms with Gasteiger partial charge in [0.25, 0.3) is 5.92 Å². The Hall–Kier alpha value is -1.39. The molecule has 0 amide bonds. The number of thiocarbonyl (C=S) groups is 1. The summed E-state index contributed by atoms with van der Waals surface area (Å²) in [6.07, 6.45) is 5.17. The lowest BCUT2D eigenvalue weighted by atomic mass is 9.79. The van der Waals surface area contributed by atoms with Crippen LogP contribution < -0.4 is 5.32 Å². The molecule has 1 N–H and O–H groups in total. The molecular weight excluding hydrogens is 470 g/mol. The maximum absolute atomic E-state index is 15.2. The van der Waals surface area contributed by atoms with Crippen LogP contribution in [0.2, 0.25) is 0 Å². The van der Waals surface area contributed by atoms with Crippen LogP contribution in [0.1, 0.15) is 83.3 Å². The zero-order chi connectivity index (χ0) is 24.8. The van der Waals surface area contributed by atoms with Gasteiger partial charge in [-0.25, -0.2) is 8.78 Å². The Morgan fingerprint density at radius 3 is 2.37 bits per heavy atom. The first-order chi connectivity index (χ1) is 16.7. The lowest BCUT2D eigenvalue weighted by Crippen LogP contribution is -2.66. The largest absolute Gasteiger partial charge is 0.352 e. The fraction of sp³-hybridized carbons (Fsp3) is 0.880. The van der Waals surface area contributed by atoms with E-state index in [4.69, 9.17) is 16.7 Å². The highest BCUT2D eigenvalue weighted by molar-refractivity contribution is 7.80. The summed E-state index contributed by atoms with van der Waals surface area (Å²) >= 11 is 5.71. The zero-order valence-electron chi connectivity index (χ0n) is 21.3. The van der Waals surface area contributed by atoms with Crippen molar-refractivity contribution in [2.24, 2.45) is 0 Å². The molecule has 0 aromatic carbocycles. The van der Waals surface area contributed by atoms with Crippen molar-refractivity contribution < 1.29 is 13.3 Å². The van der Waals surface area contributed by atoms with Gasteiger partial charge in [-0.05, 0) is 64.6 Å². The average molecular weight is 511 g/mol. The first-order valence-corrected chi connectivity index (χ1v) is 13.8. The molecule has 1 aromatic heterocycles. The first-order valence-electron chi connectivity index (χ1n) is 13.4. The number of nitrogens with one attached hydrogen (secondary N) is 1. The molecule has 4 aliphatic rings. The molecule has 2 atom stereocenters. The van der Waals surface area contributed by atoms with Crippen LogP contribution in [0, 0.1) is 0 Å². The molecule has 10 heteroatoms. The summed E-state index contributed by atoms with van der Waals surface area (Å²) in [7, 11) is 0. The Morgan fingerprint density at radius 2 is 1.74 bits per heavy atom. The van der Waals surface area contributed by atoms with Crippen LogP contribution in [-0.2, 0) is 5.41 Å². The molecule has 0 unspecified atom stereocenters. The number of nitrogens with zero attached hydrogens (tertiary/aromatic N) is 5. The number of piperidine rings is 1. The zero-order valence-corrected chi connectivity index (χ0v) is 22.1. The quantitative estimate of drug-likeness (QED) is 0.601. The second kappa shape index (κ2) is 9.82. The van der Waals surface area contributed by atoms with E-state index >= 15 is 8.78 Å². The Morgan fingerprint density at radius 1 is 1.06 bits per heavy atom.